The molecule has 0 bridgehead atoms. The highest BCUT2D eigenvalue weighted by atomic mass is 16.5. The van der Waals surface area contributed by atoms with E-state index in [9.17, 15) is 9.59 Å². The van der Waals surface area contributed by atoms with E-state index in [0.717, 1.165) is 5.56 Å². The van der Waals surface area contributed by atoms with Gasteiger partial charge in [0.2, 0.25) is 5.91 Å². The molecule has 1 amide bonds. The maximum atomic E-state index is 12.3. The molecule has 116 valence electrons. The van der Waals surface area contributed by atoms with Crippen LogP contribution >= 0.6 is 0 Å². The van der Waals surface area contributed by atoms with Gasteiger partial charge >= 0.3 is 5.97 Å². The summed E-state index contributed by atoms with van der Waals surface area (Å²) in [4.78, 5) is 24.0. The molecule has 5 heteroatoms. The van der Waals surface area contributed by atoms with Crippen LogP contribution in [0.25, 0.3) is 0 Å². The van der Waals surface area contributed by atoms with E-state index in [1.54, 1.807) is 6.92 Å². The molecule has 0 aromatic heterocycles. The second-order valence-electron chi connectivity index (χ2n) is 5.48. The minimum Gasteiger partial charge on any atom is -0.467 e. The summed E-state index contributed by atoms with van der Waals surface area (Å²) in [6, 6.07) is 8.34. The molecule has 1 aromatic rings. The molecule has 0 aliphatic heterocycles. The van der Waals surface area contributed by atoms with Crippen molar-refractivity contribution >= 4 is 11.9 Å². The summed E-state index contributed by atoms with van der Waals surface area (Å²) in [5.74, 6) is -1.20. The lowest BCUT2D eigenvalue weighted by atomic mass is 9.93. The topological polar surface area (TPSA) is 81.4 Å². The van der Waals surface area contributed by atoms with E-state index >= 15 is 0 Å². The molecule has 0 radical (unpaired) electrons. The fourth-order valence-corrected chi connectivity index (χ4v) is 2.04. The smallest absolute Gasteiger partial charge is 0.328 e. The number of amides is 1. The highest BCUT2D eigenvalue weighted by Gasteiger charge is 2.29. The Bertz CT molecular complexity index is 474. The molecule has 0 saturated heterocycles. The number of methoxy groups -OCH3 is 1. The maximum absolute atomic E-state index is 12.3. The fraction of sp³-hybridized carbons (Fsp3) is 0.500. The van der Waals surface area contributed by atoms with Crippen molar-refractivity contribution in [2.45, 2.75) is 32.9 Å². The number of benzene rings is 1. The van der Waals surface area contributed by atoms with E-state index in [1.165, 1.54) is 7.11 Å². The highest BCUT2D eigenvalue weighted by molar-refractivity contribution is 5.86. The second-order valence-corrected chi connectivity index (χ2v) is 5.48. The van der Waals surface area contributed by atoms with Crippen molar-refractivity contribution in [2.75, 3.05) is 7.11 Å². The molecule has 3 atom stereocenters. The van der Waals surface area contributed by atoms with Crippen molar-refractivity contribution < 1.29 is 14.3 Å². The van der Waals surface area contributed by atoms with Crippen molar-refractivity contribution in [3.63, 3.8) is 0 Å². The Balaban J connectivity index is 2.75. The molecule has 3 N–H and O–H groups in total. The third-order valence-corrected chi connectivity index (χ3v) is 3.56. The Kier molecular flexibility index (Phi) is 6.37. The molecule has 1 aromatic carbocycles. The van der Waals surface area contributed by atoms with Crippen molar-refractivity contribution in [1.82, 2.24) is 5.32 Å². The van der Waals surface area contributed by atoms with E-state index in [-0.39, 0.29) is 11.8 Å². The van der Waals surface area contributed by atoms with Gasteiger partial charge in [-0.05, 0) is 11.5 Å². The number of rotatable bonds is 6. The Labute approximate surface area is 125 Å². The van der Waals surface area contributed by atoms with E-state index in [2.05, 4.69) is 5.32 Å². The molecule has 0 fully saturated rings. The van der Waals surface area contributed by atoms with Gasteiger partial charge in [0, 0.05) is 6.04 Å². The number of ether oxygens (including phenoxy) is 1. The lowest BCUT2D eigenvalue weighted by molar-refractivity contribution is -0.147. The maximum Gasteiger partial charge on any atom is 0.328 e. The summed E-state index contributed by atoms with van der Waals surface area (Å²) in [5, 5.41) is 2.72. The van der Waals surface area contributed by atoms with Crippen LogP contribution < -0.4 is 11.1 Å². The average Bonchev–Trinajstić information content (AvgIpc) is 2.50. The van der Waals surface area contributed by atoms with Crippen LogP contribution in [0, 0.1) is 11.8 Å². The summed E-state index contributed by atoms with van der Waals surface area (Å²) in [6.07, 6.45) is 0. The zero-order valence-corrected chi connectivity index (χ0v) is 13.0. The summed E-state index contributed by atoms with van der Waals surface area (Å²) < 4.78 is 4.71. The number of esters is 1. The molecule has 0 saturated carbocycles. The summed E-state index contributed by atoms with van der Waals surface area (Å²) in [6.45, 7) is 5.45. The number of hydrogen-bond acceptors (Lipinski definition) is 4. The predicted octanol–water partition coefficient (Wildman–Crippen LogP) is 1.64. The Morgan fingerprint density at radius 2 is 1.71 bits per heavy atom. The van der Waals surface area contributed by atoms with Gasteiger partial charge in [-0.25, -0.2) is 4.79 Å². The molecule has 21 heavy (non-hydrogen) atoms. The van der Waals surface area contributed by atoms with Gasteiger partial charge < -0.3 is 15.8 Å². The van der Waals surface area contributed by atoms with Crippen LogP contribution in [0.1, 0.15) is 32.4 Å². The van der Waals surface area contributed by atoms with Gasteiger partial charge in [-0.1, -0.05) is 51.1 Å². The number of carbonyl (C=O) groups is 2. The van der Waals surface area contributed by atoms with Gasteiger partial charge in [0.15, 0.2) is 0 Å². The van der Waals surface area contributed by atoms with E-state index < -0.39 is 24.0 Å². The highest BCUT2D eigenvalue weighted by Crippen LogP contribution is 2.19. The third-order valence-electron chi connectivity index (χ3n) is 3.56. The summed E-state index contributed by atoms with van der Waals surface area (Å²) in [7, 11) is 1.31. The Morgan fingerprint density at radius 3 is 2.19 bits per heavy atom. The normalized spacial score (nSPS) is 15.1. The third kappa shape index (κ3) is 4.56. The Morgan fingerprint density at radius 1 is 1.14 bits per heavy atom. The first kappa shape index (κ1) is 17.2. The average molecular weight is 292 g/mol. The van der Waals surface area contributed by atoms with Gasteiger partial charge in [0.05, 0.1) is 13.0 Å². The lowest BCUT2D eigenvalue weighted by Crippen LogP contribution is -2.48. The van der Waals surface area contributed by atoms with Crippen LogP contribution in [0.15, 0.2) is 30.3 Å². The SMILES string of the molecule is COC(=O)C(NC(=O)C(C)C(N)c1ccccc1)C(C)C. The van der Waals surface area contributed by atoms with Gasteiger partial charge in [0.1, 0.15) is 6.04 Å². The number of nitrogens with one attached hydrogen (secondary N) is 1. The van der Waals surface area contributed by atoms with E-state index in [4.69, 9.17) is 10.5 Å². The molecule has 3 unspecified atom stereocenters. The predicted molar refractivity (Wildman–Crippen MR) is 81.3 cm³/mol. The molecule has 0 aliphatic carbocycles. The van der Waals surface area contributed by atoms with Crippen LogP contribution in [0.2, 0.25) is 0 Å². The van der Waals surface area contributed by atoms with Gasteiger partial charge in [-0.2, -0.15) is 0 Å². The van der Waals surface area contributed by atoms with Crippen LogP contribution in [0.4, 0.5) is 0 Å². The first-order valence-electron chi connectivity index (χ1n) is 7.07. The Hall–Kier alpha value is -1.88. The molecule has 0 aliphatic rings. The quantitative estimate of drug-likeness (QED) is 0.781. The van der Waals surface area contributed by atoms with Crippen molar-refractivity contribution in [3.05, 3.63) is 35.9 Å². The number of carbonyl (C=O) groups excluding carboxylic acids is 2. The van der Waals surface area contributed by atoms with E-state index in [1.807, 2.05) is 44.2 Å². The van der Waals surface area contributed by atoms with E-state index in [0.29, 0.717) is 0 Å². The summed E-state index contributed by atoms with van der Waals surface area (Å²) >= 11 is 0. The fourth-order valence-electron chi connectivity index (χ4n) is 2.04. The van der Waals surface area contributed by atoms with Crippen molar-refractivity contribution in [2.24, 2.45) is 17.6 Å². The monoisotopic (exact) mass is 292 g/mol. The van der Waals surface area contributed by atoms with Gasteiger partial charge in [0.25, 0.3) is 0 Å². The molecule has 0 heterocycles. The summed E-state index contributed by atoms with van der Waals surface area (Å²) in [5.41, 5.74) is 7.01. The minimum atomic E-state index is -0.659. The number of nitrogens with two attached hydrogens (primary N) is 1. The number of hydrogen-bond donors (Lipinski definition) is 2. The molecule has 1 rings (SSSR count). The zero-order valence-electron chi connectivity index (χ0n) is 13.0. The van der Waals surface area contributed by atoms with Crippen LogP contribution in [-0.2, 0) is 14.3 Å². The van der Waals surface area contributed by atoms with Gasteiger partial charge in [-0.3, -0.25) is 4.79 Å². The molecular formula is C16H24N2O3. The van der Waals surface area contributed by atoms with Crippen molar-refractivity contribution in [1.29, 1.82) is 0 Å². The van der Waals surface area contributed by atoms with Crippen LogP contribution in [-0.4, -0.2) is 25.0 Å². The van der Waals surface area contributed by atoms with Crippen LogP contribution in [0.5, 0.6) is 0 Å². The van der Waals surface area contributed by atoms with Gasteiger partial charge in [-0.15, -0.1) is 0 Å². The van der Waals surface area contributed by atoms with Crippen molar-refractivity contribution in [3.8, 4) is 0 Å². The minimum absolute atomic E-state index is 0.0541. The zero-order chi connectivity index (χ0) is 16.0. The lowest BCUT2D eigenvalue weighted by Gasteiger charge is -2.24. The standard InChI is InChI=1S/C16H24N2O3/c1-10(2)14(16(20)21-4)18-15(19)11(3)13(17)12-8-6-5-7-9-12/h5-11,13-14H,17H2,1-4H3,(H,18,19). The first-order chi connectivity index (χ1) is 9.88. The second kappa shape index (κ2) is 7.78. The molecule has 0 spiro atoms. The molecular weight excluding hydrogens is 268 g/mol. The first-order valence-corrected chi connectivity index (χ1v) is 7.07. The molecule has 5 nitrogen and oxygen atoms in total. The van der Waals surface area contributed by atoms with Crippen LogP contribution in [0.3, 0.4) is 0 Å². The largest absolute Gasteiger partial charge is 0.467 e.